The molecule has 2 aromatic rings. The molecule has 1 amide bonds. The summed E-state index contributed by atoms with van der Waals surface area (Å²) in [5.41, 5.74) is 5.14. The molecule has 0 saturated carbocycles. The zero-order chi connectivity index (χ0) is 17.0. The van der Waals surface area contributed by atoms with Crippen molar-refractivity contribution in [3.05, 3.63) is 58.9 Å². The fraction of sp³-hybridized carbons (Fsp3) is 0.278. The first-order valence-corrected chi connectivity index (χ1v) is 7.50. The summed E-state index contributed by atoms with van der Waals surface area (Å²) < 4.78 is 0. The van der Waals surface area contributed by atoms with E-state index in [0.29, 0.717) is 18.2 Å². The summed E-state index contributed by atoms with van der Waals surface area (Å²) in [6.07, 6.45) is 1.71. The molecule has 0 fully saturated rings. The minimum absolute atomic E-state index is 0.243. The van der Waals surface area contributed by atoms with E-state index in [-0.39, 0.29) is 5.91 Å². The molecule has 0 saturated heterocycles. The van der Waals surface area contributed by atoms with Crippen LogP contribution in [0.5, 0.6) is 0 Å². The molecule has 1 heterocycles. The van der Waals surface area contributed by atoms with Gasteiger partial charge >= 0.3 is 0 Å². The number of carbonyl (C=O) groups is 1. The van der Waals surface area contributed by atoms with Crippen LogP contribution in [0.1, 0.15) is 32.9 Å². The van der Waals surface area contributed by atoms with Gasteiger partial charge in [-0.2, -0.15) is 0 Å². The van der Waals surface area contributed by atoms with Crippen LogP contribution in [-0.2, 0) is 0 Å². The summed E-state index contributed by atoms with van der Waals surface area (Å²) >= 11 is 0. The predicted octanol–water partition coefficient (Wildman–Crippen LogP) is 3.56. The van der Waals surface area contributed by atoms with Crippen molar-refractivity contribution in [2.24, 2.45) is 0 Å². The molecule has 0 radical (unpaired) electrons. The van der Waals surface area contributed by atoms with Gasteiger partial charge in [0, 0.05) is 17.9 Å². The molecule has 5 heteroatoms. The number of hydrogen-bond acceptors (Lipinski definition) is 4. The molecule has 1 aromatic heterocycles. The molecule has 0 aliphatic heterocycles. The summed E-state index contributed by atoms with van der Waals surface area (Å²) in [5, 5.41) is 5.96. The van der Waals surface area contributed by atoms with E-state index in [1.807, 2.05) is 39.8 Å². The third-order valence-corrected chi connectivity index (χ3v) is 3.41. The van der Waals surface area contributed by atoms with Crippen molar-refractivity contribution in [1.29, 1.82) is 0 Å². The van der Waals surface area contributed by atoms with Gasteiger partial charge in [-0.15, -0.1) is 6.58 Å². The Morgan fingerprint density at radius 1 is 1.13 bits per heavy atom. The fourth-order valence-electron chi connectivity index (χ4n) is 2.48. The van der Waals surface area contributed by atoms with Crippen molar-refractivity contribution >= 4 is 17.5 Å². The van der Waals surface area contributed by atoms with Gasteiger partial charge in [0.1, 0.15) is 5.69 Å². The van der Waals surface area contributed by atoms with E-state index in [2.05, 4.69) is 27.2 Å². The first-order chi connectivity index (χ1) is 10.9. The van der Waals surface area contributed by atoms with E-state index >= 15 is 0 Å². The van der Waals surface area contributed by atoms with Crippen LogP contribution in [0.3, 0.4) is 0 Å². The molecule has 5 nitrogen and oxygen atoms in total. The second-order valence-corrected chi connectivity index (χ2v) is 5.62. The maximum atomic E-state index is 12.5. The van der Waals surface area contributed by atoms with E-state index in [4.69, 9.17) is 0 Å². The molecule has 1 aromatic carbocycles. The van der Waals surface area contributed by atoms with E-state index in [1.165, 1.54) is 5.56 Å². The van der Waals surface area contributed by atoms with Crippen molar-refractivity contribution in [3.8, 4) is 0 Å². The molecular weight excluding hydrogens is 288 g/mol. The Hall–Kier alpha value is -2.69. The second-order valence-electron chi connectivity index (χ2n) is 5.62. The third-order valence-electron chi connectivity index (χ3n) is 3.41. The van der Waals surface area contributed by atoms with Gasteiger partial charge < -0.3 is 10.6 Å². The average molecular weight is 310 g/mol. The molecule has 0 aliphatic rings. The summed E-state index contributed by atoms with van der Waals surface area (Å²) in [6.45, 7) is 12.0. The predicted molar refractivity (Wildman–Crippen MR) is 94.1 cm³/mol. The Kier molecular flexibility index (Phi) is 5.11. The zero-order valence-corrected chi connectivity index (χ0v) is 14.0. The average Bonchev–Trinajstić information content (AvgIpc) is 2.48. The summed E-state index contributed by atoms with van der Waals surface area (Å²) in [4.78, 5) is 21.1. The first-order valence-electron chi connectivity index (χ1n) is 7.50. The Bertz CT molecular complexity index is 730. The van der Waals surface area contributed by atoms with Gasteiger partial charge in [0.05, 0.1) is 0 Å². The van der Waals surface area contributed by atoms with Crippen molar-refractivity contribution in [3.63, 3.8) is 0 Å². The van der Waals surface area contributed by atoms with Gasteiger partial charge in [0.15, 0.2) is 0 Å². The molecule has 0 bridgehead atoms. The van der Waals surface area contributed by atoms with Gasteiger partial charge in [0.25, 0.3) is 5.91 Å². The van der Waals surface area contributed by atoms with Crippen LogP contribution in [0.2, 0.25) is 0 Å². The molecule has 0 atom stereocenters. The largest absolute Gasteiger partial charge is 0.351 e. The summed E-state index contributed by atoms with van der Waals surface area (Å²) in [5.74, 6) is 0.180. The SMILES string of the molecule is C=CCNc1nc(C)cc(C(=O)Nc2c(C)cc(C)cc2C)n1. The van der Waals surface area contributed by atoms with Crippen molar-refractivity contribution < 1.29 is 4.79 Å². The van der Waals surface area contributed by atoms with E-state index < -0.39 is 0 Å². The quantitative estimate of drug-likeness (QED) is 0.829. The highest BCUT2D eigenvalue weighted by atomic mass is 16.1. The highest BCUT2D eigenvalue weighted by molar-refractivity contribution is 6.04. The lowest BCUT2D eigenvalue weighted by Gasteiger charge is -2.13. The van der Waals surface area contributed by atoms with Crippen LogP contribution in [0.15, 0.2) is 30.9 Å². The first kappa shape index (κ1) is 16.7. The highest BCUT2D eigenvalue weighted by Crippen LogP contribution is 2.22. The standard InChI is InChI=1S/C18H22N4O/c1-6-7-19-18-20-14(5)10-15(21-18)17(23)22-16-12(3)8-11(2)9-13(16)4/h6,8-10H,1,7H2,2-5H3,(H,22,23)(H,19,20,21). The minimum atomic E-state index is -0.243. The molecule has 2 rings (SSSR count). The van der Waals surface area contributed by atoms with Crippen LogP contribution in [0.25, 0.3) is 0 Å². The lowest BCUT2D eigenvalue weighted by atomic mass is 10.0. The molecule has 23 heavy (non-hydrogen) atoms. The number of amides is 1. The van der Waals surface area contributed by atoms with Crippen LogP contribution in [0.4, 0.5) is 11.6 Å². The number of hydrogen-bond donors (Lipinski definition) is 2. The van der Waals surface area contributed by atoms with Gasteiger partial charge in [0.2, 0.25) is 5.95 Å². The Morgan fingerprint density at radius 3 is 2.39 bits per heavy atom. The van der Waals surface area contributed by atoms with E-state index in [1.54, 1.807) is 12.1 Å². The maximum Gasteiger partial charge on any atom is 0.274 e. The fourth-order valence-corrected chi connectivity index (χ4v) is 2.48. The zero-order valence-electron chi connectivity index (χ0n) is 14.0. The van der Waals surface area contributed by atoms with Crippen molar-refractivity contribution in [2.75, 3.05) is 17.2 Å². The van der Waals surface area contributed by atoms with Gasteiger partial charge in [-0.25, -0.2) is 9.97 Å². The lowest BCUT2D eigenvalue weighted by molar-refractivity contribution is 0.102. The number of aromatic nitrogens is 2. The van der Waals surface area contributed by atoms with Crippen LogP contribution < -0.4 is 10.6 Å². The lowest BCUT2D eigenvalue weighted by Crippen LogP contribution is -2.17. The topological polar surface area (TPSA) is 66.9 Å². The molecule has 120 valence electrons. The number of anilines is 2. The summed E-state index contributed by atoms with van der Waals surface area (Å²) in [6, 6.07) is 5.77. The highest BCUT2D eigenvalue weighted by Gasteiger charge is 2.13. The van der Waals surface area contributed by atoms with Gasteiger partial charge in [-0.3, -0.25) is 4.79 Å². The number of nitrogens with zero attached hydrogens (tertiary/aromatic N) is 2. The maximum absolute atomic E-state index is 12.5. The van der Waals surface area contributed by atoms with Crippen molar-refractivity contribution in [1.82, 2.24) is 9.97 Å². The van der Waals surface area contributed by atoms with E-state index in [9.17, 15) is 4.79 Å². The summed E-state index contributed by atoms with van der Waals surface area (Å²) in [7, 11) is 0. The van der Waals surface area contributed by atoms with Gasteiger partial charge in [-0.1, -0.05) is 23.8 Å². The van der Waals surface area contributed by atoms with Crippen molar-refractivity contribution in [2.45, 2.75) is 27.7 Å². The minimum Gasteiger partial charge on any atom is -0.351 e. The normalized spacial score (nSPS) is 10.3. The number of aryl methyl sites for hydroxylation is 4. The van der Waals surface area contributed by atoms with Crippen LogP contribution in [-0.4, -0.2) is 22.4 Å². The Labute approximate surface area is 136 Å². The molecule has 0 spiro atoms. The smallest absolute Gasteiger partial charge is 0.274 e. The number of nitrogens with one attached hydrogen (secondary N) is 2. The number of carbonyl (C=O) groups excluding carboxylic acids is 1. The van der Waals surface area contributed by atoms with Crippen LogP contribution in [0, 0.1) is 27.7 Å². The monoisotopic (exact) mass is 310 g/mol. The van der Waals surface area contributed by atoms with Gasteiger partial charge in [-0.05, 0) is 44.9 Å². The van der Waals surface area contributed by atoms with E-state index in [0.717, 1.165) is 22.5 Å². The molecule has 0 unspecified atom stereocenters. The third kappa shape index (κ3) is 4.16. The number of rotatable bonds is 5. The molecule has 2 N–H and O–H groups in total. The van der Waals surface area contributed by atoms with Crippen LogP contribution >= 0.6 is 0 Å². The second kappa shape index (κ2) is 7.05. The Morgan fingerprint density at radius 2 is 1.78 bits per heavy atom. The number of benzene rings is 1. The molecule has 0 aliphatic carbocycles. The Balaban J connectivity index is 2.27. The molecular formula is C18H22N4O.